The number of hydrogen-bond donors (Lipinski definition) is 2. The van der Waals surface area contributed by atoms with E-state index >= 15 is 0 Å². The second-order valence-corrected chi connectivity index (χ2v) is 3.28. The maximum atomic E-state index is 13.2. The molecule has 0 spiro atoms. The largest absolute Gasteiger partial charge is 0.330 e. The zero-order valence-electron chi connectivity index (χ0n) is 7.84. The van der Waals surface area contributed by atoms with E-state index in [9.17, 15) is 8.78 Å². The summed E-state index contributed by atoms with van der Waals surface area (Å²) in [5, 5.41) is 0. The van der Waals surface area contributed by atoms with E-state index in [0.29, 0.717) is 25.1 Å². The normalized spacial score (nSPS) is 10.9. The molecule has 0 aliphatic heterocycles. The molecule has 0 saturated heterocycles. The first-order valence-corrected chi connectivity index (χ1v) is 4.51. The maximum absolute atomic E-state index is 13.2. The second kappa shape index (κ2) is 5.02. The van der Waals surface area contributed by atoms with Crippen LogP contribution in [0.25, 0.3) is 0 Å². The topological polar surface area (TPSA) is 52.0 Å². The molecular formula is C10H14F2N2. The third-order valence-corrected chi connectivity index (χ3v) is 2.18. The molecule has 0 unspecified atom stereocenters. The van der Waals surface area contributed by atoms with Crippen molar-refractivity contribution in [3.63, 3.8) is 0 Å². The van der Waals surface area contributed by atoms with E-state index in [0.717, 1.165) is 12.1 Å². The quantitative estimate of drug-likeness (QED) is 0.763. The van der Waals surface area contributed by atoms with Crippen LogP contribution in [0.4, 0.5) is 8.78 Å². The van der Waals surface area contributed by atoms with Gasteiger partial charge in [-0.1, -0.05) is 0 Å². The van der Waals surface area contributed by atoms with Crippen LogP contribution < -0.4 is 11.5 Å². The van der Waals surface area contributed by atoms with Gasteiger partial charge in [0.05, 0.1) is 0 Å². The Labute approximate surface area is 81.9 Å². The number of benzene rings is 1. The van der Waals surface area contributed by atoms with Gasteiger partial charge in [0, 0.05) is 0 Å². The van der Waals surface area contributed by atoms with Crippen molar-refractivity contribution in [1.82, 2.24) is 0 Å². The van der Waals surface area contributed by atoms with Crippen molar-refractivity contribution in [3.8, 4) is 0 Å². The summed E-state index contributed by atoms with van der Waals surface area (Å²) in [5.41, 5.74) is 11.2. The summed E-state index contributed by atoms with van der Waals surface area (Å²) >= 11 is 0. The summed E-state index contributed by atoms with van der Waals surface area (Å²) in [7, 11) is 0. The van der Waals surface area contributed by atoms with Gasteiger partial charge in [0.1, 0.15) is 11.6 Å². The summed E-state index contributed by atoms with van der Waals surface area (Å²) in [6.45, 7) is 0.763. The molecule has 78 valence electrons. The first-order valence-electron chi connectivity index (χ1n) is 4.51. The fraction of sp³-hybridized carbons (Fsp3) is 0.400. The van der Waals surface area contributed by atoms with Gasteiger partial charge in [-0.15, -0.1) is 0 Å². The minimum atomic E-state index is -0.436. The van der Waals surface area contributed by atoms with Crippen molar-refractivity contribution in [1.29, 1.82) is 0 Å². The van der Waals surface area contributed by atoms with Crippen molar-refractivity contribution in [2.75, 3.05) is 13.1 Å². The summed E-state index contributed by atoms with van der Waals surface area (Å²) in [4.78, 5) is 0. The average Bonchev–Trinajstić information content (AvgIpc) is 2.19. The van der Waals surface area contributed by atoms with Crippen LogP contribution in [0.5, 0.6) is 0 Å². The lowest BCUT2D eigenvalue weighted by atomic mass is 9.99. The van der Waals surface area contributed by atoms with Gasteiger partial charge in [0.15, 0.2) is 0 Å². The van der Waals surface area contributed by atoms with Crippen molar-refractivity contribution in [2.24, 2.45) is 17.4 Å². The summed E-state index contributed by atoms with van der Waals surface area (Å²) < 4.78 is 25.9. The number of hydrogen-bond acceptors (Lipinski definition) is 2. The van der Waals surface area contributed by atoms with Crippen LogP contribution in [0.3, 0.4) is 0 Å². The van der Waals surface area contributed by atoms with Crippen LogP contribution in [-0.2, 0) is 6.42 Å². The molecule has 0 saturated carbocycles. The monoisotopic (exact) mass is 200 g/mol. The molecule has 1 aromatic rings. The molecule has 1 aromatic carbocycles. The van der Waals surface area contributed by atoms with E-state index in [4.69, 9.17) is 11.5 Å². The van der Waals surface area contributed by atoms with Crippen LogP contribution in [-0.4, -0.2) is 13.1 Å². The van der Waals surface area contributed by atoms with E-state index in [1.54, 1.807) is 0 Å². The molecule has 14 heavy (non-hydrogen) atoms. The molecule has 0 heterocycles. The first kappa shape index (κ1) is 11.1. The molecule has 0 aliphatic rings. The predicted molar refractivity (Wildman–Crippen MR) is 51.7 cm³/mol. The van der Waals surface area contributed by atoms with Crippen LogP contribution in [0.15, 0.2) is 18.2 Å². The standard InChI is InChI=1S/C10H14F2N2/c11-9-1-2-10(12)8(4-9)3-7(5-13)6-14/h1-2,4,7H,3,5-6,13-14H2. The SMILES string of the molecule is NCC(CN)Cc1cc(F)ccc1F. The summed E-state index contributed by atoms with van der Waals surface area (Å²) in [5.74, 6) is -0.834. The molecule has 0 radical (unpaired) electrons. The van der Waals surface area contributed by atoms with Crippen LogP contribution in [0.2, 0.25) is 0 Å². The van der Waals surface area contributed by atoms with Gasteiger partial charge in [-0.3, -0.25) is 0 Å². The Morgan fingerprint density at radius 2 is 1.79 bits per heavy atom. The molecule has 1 rings (SSSR count). The minimum absolute atomic E-state index is 0.00583. The molecule has 4 N–H and O–H groups in total. The van der Waals surface area contributed by atoms with Gasteiger partial charge in [-0.25, -0.2) is 8.78 Å². The van der Waals surface area contributed by atoms with Crippen molar-refractivity contribution in [2.45, 2.75) is 6.42 Å². The average molecular weight is 200 g/mol. The molecule has 4 heteroatoms. The van der Waals surface area contributed by atoms with Gasteiger partial charge in [0.25, 0.3) is 0 Å². The first-order chi connectivity index (χ1) is 6.67. The molecule has 0 amide bonds. The Morgan fingerprint density at radius 3 is 2.36 bits per heavy atom. The van der Waals surface area contributed by atoms with E-state index in [1.807, 2.05) is 0 Å². The fourth-order valence-electron chi connectivity index (χ4n) is 1.27. The lowest BCUT2D eigenvalue weighted by Gasteiger charge is -2.12. The van der Waals surface area contributed by atoms with Crippen molar-refractivity contribution < 1.29 is 8.78 Å². The van der Waals surface area contributed by atoms with Crippen LogP contribution >= 0.6 is 0 Å². The Kier molecular flexibility index (Phi) is 3.98. The third-order valence-electron chi connectivity index (χ3n) is 2.18. The molecule has 2 nitrogen and oxygen atoms in total. The molecule has 0 atom stereocenters. The lowest BCUT2D eigenvalue weighted by molar-refractivity contribution is 0.517. The van der Waals surface area contributed by atoms with E-state index in [2.05, 4.69) is 0 Å². The Balaban J connectivity index is 2.79. The Bertz CT molecular complexity index is 298. The maximum Gasteiger partial charge on any atom is 0.126 e. The van der Waals surface area contributed by atoms with E-state index in [-0.39, 0.29) is 5.92 Å². The van der Waals surface area contributed by atoms with Gasteiger partial charge in [0.2, 0.25) is 0 Å². The van der Waals surface area contributed by atoms with E-state index < -0.39 is 11.6 Å². The molecule has 0 bridgehead atoms. The van der Waals surface area contributed by atoms with Crippen LogP contribution in [0.1, 0.15) is 5.56 Å². The smallest absolute Gasteiger partial charge is 0.126 e. The molecule has 0 aliphatic carbocycles. The molecule has 0 fully saturated rings. The fourth-order valence-corrected chi connectivity index (χ4v) is 1.27. The number of nitrogens with two attached hydrogens (primary N) is 2. The molecular weight excluding hydrogens is 186 g/mol. The van der Waals surface area contributed by atoms with Gasteiger partial charge < -0.3 is 11.5 Å². The predicted octanol–water partition coefficient (Wildman–Crippen LogP) is 1.04. The van der Waals surface area contributed by atoms with E-state index in [1.165, 1.54) is 6.07 Å². The minimum Gasteiger partial charge on any atom is -0.330 e. The Morgan fingerprint density at radius 1 is 1.14 bits per heavy atom. The highest BCUT2D eigenvalue weighted by molar-refractivity contribution is 5.19. The lowest BCUT2D eigenvalue weighted by Crippen LogP contribution is -2.25. The van der Waals surface area contributed by atoms with Gasteiger partial charge >= 0.3 is 0 Å². The Hall–Kier alpha value is -1.00. The zero-order valence-corrected chi connectivity index (χ0v) is 7.84. The van der Waals surface area contributed by atoms with Crippen molar-refractivity contribution >= 4 is 0 Å². The highest BCUT2D eigenvalue weighted by Gasteiger charge is 2.10. The van der Waals surface area contributed by atoms with Gasteiger partial charge in [-0.2, -0.15) is 0 Å². The zero-order chi connectivity index (χ0) is 10.6. The summed E-state index contributed by atoms with van der Waals surface area (Å²) in [6, 6.07) is 3.40. The van der Waals surface area contributed by atoms with Crippen molar-refractivity contribution in [3.05, 3.63) is 35.4 Å². The third kappa shape index (κ3) is 2.75. The number of rotatable bonds is 4. The number of halogens is 2. The molecule has 0 aromatic heterocycles. The van der Waals surface area contributed by atoms with Gasteiger partial charge in [-0.05, 0) is 49.2 Å². The van der Waals surface area contributed by atoms with Crippen LogP contribution in [0, 0.1) is 17.6 Å². The highest BCUT2D eigenvalue weighted by Crippen LogP contribution is 2.13. The summed E-state index contributed by atoms with van der Waals surface area (Å²) in [6.07, 6.45) is 0.386. The second-order valence-electron chi connectivity index (χ2n) is 3.28. The highest BCUT2D eigenvalue weighted by atomic mass is 19.1.